The molecule has 0 aromatic heterocycles. The molecule has 108 valence electrons. The van der Waals surface area contributed by atoms with Gasteiger partial charge < -0.3 is 10.4 Å². The Labute approximate surface area is 117 Å². The van der Waals surface area contributed by atoms with E-state index < -0.39 is 23.7 Å². The molecule has 5 heteroatoms. The lowest BCUT2D eigenvalue weighted by atomic mass is 9.99. The van der Waals surface area contributed by atoms with Crippen LogP contribution in [0.3, 0.4) is 0 Å². The average Bonchev–Trinajstić information content (AvgIpc) is 2.42. The van der Waals surface area contributed by atoms with Crippen LogP contribution in [0.2, 0.25) is 0 Å². The van der Waals surface area contributed by atoms with E-state index in [9.17, 15) is 14.0 Å². The number of hydrogen-bond donors (Lipinski definition) is 2. The van der Waals surface area contributed by atoms with Crippen LogP contribution in [0.4, 0.5) is 4.39 Å². The van der Waals surface area contributed by atoms with Crippen molar-refractivity contribution in [1.82, 2.24) is 5.32 Å². The van der Waals surface area contributed by atoms with Gasteiger partial charge in [0.1, 0.15) is 11.9 Å². The molecule has 0 spiro atoms. The van der Waals surface area contributed by atoms with Gasteiger partial charge in [-0.15, -0.1) is 0 Å². The quantitative estimate of drug-likeness (QED) is 0.786. The molecule has 0 bridgehead atoms. The first-order valence-corrected chi connectivity index (χ1v) is 6.41. The van der Waals surface area contributed by atoms with Crippen molar-refractivity contribution in [3.05, 3.63) is 41.7 Å². The van der Waals surface area contributed by atoms with E-state index in [0.717, 1.165) is 6.08 Å². The number of amides is 1. The fourth-order valence-electron chi connectivity index (χ4n) is 1.66. The summed E-state index contributed by atoms with van der Waals surface area (Å²) in [6.45, 7) is 3.60. The Hall–Kier alpha value is -2.17. The van der Waals surface area contributed by atoms with Gasteiger partial charge in [0.15, 0.2) is 0 Å². The second-order valence-corrected chi connectivity index (χ2v) is 4.56. The first kappa shape index (κ1) is 15.9. The molecule has 0 radical (unpaired) electrons. The van der Waals surface area contributed by atoms with Gasteiger partial charge in [-0.2, -0.15) is 0 Å². The van der Waals surface area contributed by atoms with Crippen molar-refractivity contribution < 1.29 is 19.1 Å². The average molecular weight is 279 g/mol. The Bertz CT molecular complexity index is 514. The zero-order chi connectivity index (χ0) is 15.1. The number of halogens is 1. The number of aliphatic carboxylic acids is 1. The number of carboxylic acids is 1. The molecule has 20 heavy (non-hydrogen) atoms. The van der Waals surface area contributed by atoms with E-state index in [1.54, 1.807) is 19.1 Å². The van der Waals surface area contributed by atoms with Gasteiger partial charge in [0.25, 0.3) is 0 Å². The number of nitrogens with one attached hydrogen (secondary N) is 1. The summed E-state index contributed by atoms with van der Waals surface area (Å²) in [6.07, 6.45) is 3.09. The number of carbonyl (C=O) groups is 2. The molecule has 0 aliphatic carbocycles. The van der Waals surface area contributed by atoms with E-state index in [-0.39, 0.29) is 11.5 Å². The summed E-state index contributed by atoms with van der Waals surface area (Å²) in [5, 5.41) is 11.5. The predicted molar refractivity (Wildman–Crippen MR) is 74.5 cm³/mol. The first-order chi connectivity index (χ1) is 9.45. The summed E-state index contributed by atoms with van der Waals surface area (Å²) in [6, 6.07) is 5.08. The van der Waals surface area contributed by atoms with Crippen molar-refractivity contribution in [3.8, 4) is 0 Å². The molecule has 0 unspecified atom stereocenters. The smallest absolute Gasteiger partial charge is 0.326 e. The van der Waals surface area contributed by atoms with E-state index >= 15 is 0 Å². The fraction of sp³-hybridized carbons (Fsp3) is 0.333. The number of carboxylic acid groups (broad SMARTS) is 1. The fourth-order valence-corrected chi connectivity index (χ4v) is 1.66. The Morgan fingerprint density at radius 2 is 2.05 bits per heavy atom. The summed E-state index contributed by atoms with van der Waals surface area (Å²) in [4.78, 5) is 22.7. The minimum Gasteiger partial charge on any atom is -0.480 e. The van der Waals surface area contributed by atoms with Crippen LogP contribution in [0.1, 0.15) is 25.8 Å². The molecule has 1 rings (SSSR count). The Kier molecular flexibility index (Phi) is 5.90. The molecule has 0 aliphatic heterocycles. The predicted octanol–water partition coefficient (Wildman–Crippen LogP) is 2.45. The number of benzene rings is 1. The van der Waals surface area contributed by atoms with Crippen LogP contribution in [0.15, 0.2) is 30.3 Å². The van der Waals surface area contributed by atoms with Crippen molar-refractivity contribution >= 4 is 18.0 Å². The number of carbonyl (C=O) groups excluding carboxylic acids is 1. The topological polar surface area (TPSA) is 66.4 Å². The van der Waals surface area contributed by atoms with E-state index in [1.165, 1.54) is 18.2 Å². The van der Waals surface area contributed by atoms with Crippen LogP contribution in [0.5, 0.6) is 0 Å². The monoisotopic (exact) mass is 279 g/mol. The third-order valence-corrected chi connectivity index (χ3v) is 3.10. The molecule has 1 aromatic carbocycles. The van der Waals surface area contributed by atoms with Gasteiger partial charge in [-0.3, -0.25) is 4.79 Å². The Balaban J connectivity index is 2.71. The Morgan fingerprint density at radius 1 is 1.40 bits per heavy atom. The van der Waals surface area contributed by atoms with Gasteiger partial charge in [0, 0.05) is 11.6 Å². The molecular formula is C15H18FNO3. The standard InChI is InChI=1S/C15H18FNO3/c1-3-10(2)14(15(19)20)17-13(18)9-8-11-6-4-5-7-12(11)16/h4-10,14H,3H2,1-2H3,(H,17,18)(H,19,20)/b9-8+/t10-,14-/m0/s1. The van der Waals surface area contributed by atoms with Crippen molar-refractivity contribution in [3.63, 3.8) is 0 Å². The first-order valence-electron chi connectivity index (χ1n) is 6.41. The van der Waals surface area contributed by atoms with Crippen LogP contribution in [0.25, 0.3) is 6.08 Å². The van der Waals surface area contributed by atoms with Crippen molar-refractivity contribution in [2.75, 3.05) is 0 Å². The molecule has 0 aliphatic rings. The zero-order valence-electron chi connectivity index (χ0n) is 11.5. The van der Waals surface area contributed by atoms with Gasteiger partial charge in [-0.05, 0) is 18.1 Å². The third-order valence-electron chi connectivity index (χ3n) is 3.10. The zero-order valence-corrected chi connectivity index (χ0v) is 11.5. The van der Waals surface area contributed by atoms with Crippen LogP contribution < -0.4 is 5.32 Å². The Morgan fingerprint density at radius 3 is 2.60 bits per heavy atom. The van der Waals surface area contributed by atoms with E-state index in [2.05, 4.69) is 5.32 Å². The highest BCUT2D eigenvalue weighted by molar-refractivity contribution is 5.94. The summed E-state index contributed by atoms with van der Waals surface area (Å²) in [5.41, 5.74) is 0.276. The minimum atomic E-state index is -1.08. The third kappa shape index (κ3) is 4.50. The molecule has 0 fully saturated rings. The molecule has 0 saturated carbocycles. The lowest BCUT2D eigenvalue weighted by Crippen LogP contribution is -2.44. The maximum Gasteiger partial charge on any atom is 0.326 e. The largest absolute Gasteiger partial charge is 0.480 e. The molecular weight excluding hydrogens is 261 g/mol. The second-order valence-electron chi connectivity index (χ2n) is 4.56. The highest BCUT2D eigenvalue weighted by Gasteiger charge is 2.24. The molecule has 4 nitrogen and oxygen atoms in total. The lowest BCUT2D eigenvalue weighted by Gasteiger charge is -2.19. The highest BCUT2D eigenvalue weighted by Crippen LogP contribution is 2.10. The molecule has 2 atom stereocenters. The second kappa shape index (κ2) is 7.43. The van der Waals surface area contributed by atoms with Crippen molar-refractivity contribution in [2.24, 2.45) is 5.92 Å². The van der Waals surface area contributed by atoms with Crippen LogP contribution in [-0.4, -0.2) is 23.0 Å². The van der Waals surface area contributed by atoms with Crippen molar-refractivity contribution in [2.45, 2.75) is 26.3 Å². The van der Waals surface area contributed by atoms with Crippen LogP contribution >= 0.6 is 0 Å². The van der Waals surface area contributed by atoms with Crippen LogP contribution in [0, 0.1) is 11.7 Å². The van der Waals surface area contributed by atoms with Gasteiger partial charge in [0.05, 0.1) is 0 Å². The summed E-state index contributed by atoms with van der Waals surface area (Å²) in [7, 11) is 0. The van der Waals surface area contributed by atoms with Gasteiger partial charge >= 0.3 is 5.97 Å². The summed E-state index contributed by atoms with van der Waals surface area (Å²) >= 11 is 0. The van der Waals surface area contributed by atoms with E-state index in [0.29, 0.717) is 6.42 Å². The number of rotatable bonds is 6. The van der Waals surface area contributed by atoms with Gasteiger partial charge in [-0.1, -0.05) is 38.5 Å². The molecule has 0 saturated heterocycles. The summed E-state index contributed by atoms with van der Waals surface area (Å²) in [5.74, 6) is -2.25. The molecule has 2 N–H and O–H groups in total. The highest BCUT2D eigenvalue weighted by atomic mass is 19.1. The van der Waals surface area contributed by atoms with Gasteiger partial charge in [-0.25, -0.2) is 9.18 Å². The maximum absolute atomic E-state index is 13.3. The number of hydrogen-bond acceptors (Lipinski definition) is 2. The van der Waals surface area contributed by atoms with Crippen molar-refractivity contribution in [1.29, 1.82) is 0 Å². The normalized spacial score (nSPS) is 13.9. The summed E-state index contributed by atoms with van der Waals surface area (Å²) < 4.78 is 13.3. The lowest BCUT2D eigenvalue weighted by molar-refractivity contribution is -0.142. The van der Waals surface area contributed by atoms with Gasteiger partial charge in [0.2, 0.25) is 5.91 Å². The SMILES string of the molecule is CC[C@H](C)[C@H](NC(=O)/C=C/c1ccccc1F)C(=O)O. The van der Waals surface area contributed by atoms with E-state index in [4.69, 9.17) is 5.11 Å². The molecule has 0 heterocycles. The minimum absolute atomic E-state index is 0.182. The maximum atomic E-state index is 13.3. The molecule has 1 amide bonds. The molecule has 1 aromatic rings. The van der Waals surface area contributed by atoms with E-state index in [1.807, 2.05) is 6.92 Å². The van der Waals surface area contributed by atoms with Crippen LogP contribution in [-0.2, 0) is 9.59 Å².